The van der Waals surface area contributed by atoms with Gasteiger partial charge in [-0.25, -0.2) is 0 Å². The molecule has 0 N–H and O–H groups in total. The van der Waals surface area contributed by atoms with Crippen LogP contribution in [0.4, 0.5) is 0 Å². The fourth-order valence-electron chi connectivity index (χ4n) is 1.14. The molecule has 2 nitrogen and oxygen atoms in total. The van der Waals surface area contributed by atoms with Crippen molar-refractivity contribution in [2.75, 3.05) is 6.61 Å². The van der Waals surface area contributed by atoms with Crippen molar-refractivity contribution in [2.24, 2.45) is 0 Å². The third kappa shape index (κ3) is 1.33. The molecule has 1 heterocycles. The maximum atomic E-state index is 11.0. The predicted molar refractivity (Wildman–Crippen MR) is 43.9 cm³/mol. The first-order valence-corrected chi connectivity index (χ1v) is 3.83. The minimum Gasteiger partial charge on any atom is -0.486 e. The molecule has 0 atom stereocenters. The summed E-state index contributed by atoms with van der Waals surface area (Å²) in [6.45, 7) is 0.171. The summed E-state index contributed by atoms with van der Waals surface area (Å²) in [5.41, 5.74) is 0.892. The van der Waals surface area contributed by atoms with Gasteiger partial charge in [-0.3, -0.25) is 4.79 Å². The summed E-state index contributed by atoms with van der Waals surface area (Å²) in [6.07, 6.45) is 3.36. The molecule has 1 aliphatic heterocycles. The summed E-state index contributed by atoms with van der Waals surface area (Å²) in [4.78, 5) is 11.0. The summed E-state index contributed by atoms with van der Waals surface area (Å²) in [5.74, 6) is 0.828. The van der Waals surface area contributed by atoms with Crippen LogP contribution in [0.2, 0.25) is 0 Å². The highest BCUT2D eigenvalue weighted by molar-refractivity contribution is 5.82. The Morgan fingerprint density at radius 2 is 2.17 bits per heavy atom. The third-order valence-electron chi connectivity index (χ3n) is 1.75. The van der Waals surface area contributed by atoms with Crippen molar-refractivity contribution in [3.8, 4) is 5.75 Å². The van der Waals surface area contributed by atoms with Gasteiger partial charge in [0.05, 0.1) is 0 Å². The van der Waals surface area contributed by atoms with E-state index in [0.29, 0.717) is 6.42 Å². The van der Waals surface area contributed by atoms with Crippen LogP contribution in [0.5, 0.6) is 5.75 Å². The number of benzene rings is 1. The molecular formula is C10H8O2. The number of carbonyl (C=O) groups excluding carboxylic acids is 1. The second-order valence-corrected chi connectivity index (χ2v) is 2.68. The van der Waals surface area contributed by atoms with Gasteiger partial charge in [0.2, 0.25) is 0 Å². The quantitative estimate of drug-likeness (QED) is 0.574. The predicted octanol–water partition coefficient (Wildman–Crippen LogP) is 1.47. The maximum Gasteiger partial charge on any atom is 0.171 e. The van der Waals surface area contributed by atoms with Gasteiger partial charge in [-0.15, -0.1) is 0 Å². The molecular weight excluding hydrogens is 152 g/mol. The number of hydrogen-bond donors (Lipinski definition) is 0. The highest BCUT2D eigenvalue weighted by atomic mass is 16.5. The number of Topliss-reactive ketones (excluding diaryl/α,β-unsaturated/α-hetero) is 1. The monoisotopic (exact) mass is 160 g/mol. The average molecular weight is 160 g/mol. The van der Waals surface area contributed by atoms with Gasteiger partial charge >= 0.3 is 0 Å². The molecule has 0 aliphatic carbocycles. The van der Waals surface area contributed by atoms with Crippen LogP contribution in [0.15, 0.2) is 24.3 Å². The van der Waals surface area contributed by atoms with E-state index in [1.807, 2.05) is 24.3 Å². The van der Waals surface area contributed by atoms with Crippen molar-refractivity contribution in [3.63, 3.8) is 0 Å². The molecule has 0 spiro atoms. The minimum absolute atomic E-state index is 0.0752. The maximum absolute atomic E-state index is 11.0. The zero-order valence-corrected chi connectivity index (χ0v) is 6.54. The van der Waals surface area contributed by atoms with Gasteiger partial charge in [0.25, 0.3) is 0 Å². The van der Waals surface area contributed by atoms with Gasteiger partial charge in [0.15, 0.2) is 5.78 Å². The molecule has 12 heavy (non-hydrogen) atoms. The SMILES string of the molecule is O=C1C[C]c2ccccc2OC1. The molecule has 60 valence electrons. The van der Waals surface area contributed by atoms with E-state index in [-0.39, 0.29) is 12.4 Å². The molecule has 0 saturated carbocycles. The Hall–Kier alpha value is -1.31. The Morgan fingerprint density at radius 1 is 1.33 bits per heavy atom. The average Bonchev–Trinajstić information content (AvgIpc) is 2.29. The second-order valence-electron chi connectivity index (χ2n) is 2.68. The summed E-state index contributed by atoms with van der Waals surface area (Å²) in [5, 5.41) is 0. The lowest BCUT2D eigenvalue weighted by atomic mass is 10.1. The fraction of sp³-hybridized carbons (Fsp3) is 0.200. The standard InChI is InChI=1S/C10H8O2/c11-9-6-5-8-3-1-2-4-10(8)12-7-9/h1-4H,6-7H2. The van der Waals surface area contributed by atoms with Crippen molar-refractivity contribution in [1.82, 2.24) is 0 Å². The molecule has 0 unspecified atom stereocenters. The van der Waals surface area contributed by atoms with Crippen LogP contribution in [0.1, 0.15) is 12.0 Å². The largest absolute Gasteiger partial charge is 0.486 e. The van der Waals surface area contributed by atoms with Gasteiger partial charge in [0.1, 0.15) is 12.4 Å². The molecule has 0 fully saturated rings. The summed E-state index contributed by atoms with van der Waals surface area (Å²) in [6, 6.07) is 7.54. The van der Waals surface area contributed by atoms with Crippen molar-refractivity contribution in [1.29, 1.82) is 0 Å². The molecule has 1 aliphatic rings. The highest BCUT2D eigenvalue weighted by Crippen LogP contribution is 2.23. The first kappa shape index (κ1) is 7.35. The van der Waals surface area contributed by atoms with E-state index in [9.17, 15) is 4.79 Å². The van der Waals surface area contributed by atoms with E-state index in [1.165, 1.54) is 0 Å². The lowest BCUT2D eigenvalue weighted by Gasteiger charge is -2.03. The van der Waals surface area contributed by atoms with Gasteiger partial charge in [-0.05, 0) is 6.07 Å². The smallest absolute Gasteiger partial charge is 0.171 e. The lowest BCUT2D eigenvalue weighted by Crippen LogP contribution is -2.07. The van der Waals surface area contributed by atoms with Gasteiger partial charge < -0.3 is 4.74 Å². The minimum atomic E-state index is 0.0752. The van der Waals surface area contributed by atoms with Crippen LogP contribution in [-0.2, 0) is 4.79 Å². The summed E-state index contributed by atoms with van der Waals surface area (Å²) in [7, 11) is 0. The zero-order valence-electron chi connectivity index (χ0n) is 6.54. The van der Waals surface area contributed by atoms with Crippen LogP contribution < -0.4 is 4.74 Å². The summed E-state index contributed by atoms with van der Waals surface area (Å²) >= 11 is 0. The third-order valence-corrected chi connectivity index (χ3v) is 1.75. The van der Waals surface area contributed by atoms with Crippen LogP contribution in [0.25, 0.3) is 0 Å². The van der Waals surface area contributed by atoms with Crippen LogP contribution >= 0.6 is 0 Å². The molecule has 0 aromatic heterocycles. The molecule has 1 aromatic rings. The van der Waals surface area contributed by atoms with Crippen molar-refractivity contribution in [3.05, 3.63) is 36.2 Å². The fourth-order valence-corrected chi connectivity index (χ4v) is 1.14. The molecule has 1 aromatic carbocycles. The van der Waals surface area contributed by atoms with E-state index >= 15 is 0 Å². The zero-order chi connectivity index (χ0) is 8.39. The lowest BCUT2D eigenvalue weighted by molar-refractivity contribution is -0.120. The number of rotatable bonds is 0. The Balaban J connectivity index is 2.32. The van der Waals surface area contributed by atoms with Gasteiger partial charge in [-0.1, -0.05) is 18.2 Å². The molecule has 2 rings (SSSR count). The number of carbonyl (C=O) groups is 1. The van der Waals surface area contributed by atoms with E-state index < -0.39 is 0 Å². The Kier molecular flexibility index (Phi) is 1.82. The van der Waals surface area contributed by atoms with Crippen LogP contribution in [0, 0.1) is 6.42 Å². The molecule has 2 heteroatoms. The number of hydrogen-bond acceptors (Lipinski definition) is 2. The first-order valence-electron chi connectivity index (χ1n) is 3.83. The highest BCUT2D eigenvalue weighted by Gasteiger charge is 2.13. The molecule has 0 saturated heterocycles. The number of ether oxygens (including phenoxy) is 1. The van der Waals surface area contributed by atoms with E-state index in [2.05, 4.69) is 6.42 Å². The second kappa shape index (κ2) is 2.97. The number of para-hydroxylation sites is 1. The van der Waals surface area contributed by atoms with E-state index in [1.54, 1.807) is 0 Å². The van der Waals surface area contributed by atoms with Gasteiger partial charge in [0, 0.05) is 18.4 Å². The van der Waals surface area contributed by atoms with Crippen LogP contribution in [-0.4, -0.2) is 12.4 Å². The summed E-state index contributed by atoms with van der Waals surface area (Å²) < 4.78 is 5.25. The molecule has 2 radical (unpaired) electrons. The number of ketones is 1. The first-order chi connectivity index (χ1) is 5.86. The normalized spacial score (nSPS) is 16.2. The Labute approximate surface area is 71.2 Å². The van der Waals surface area contributed by atoms with Crippen molar-refractivity contribution < 1.29 is 9.53 Å². The number of fused-ring (bicyclic) bond motifs is 1. The molecule has 0 bridgehead atoms. The van der Waals surface area contributed by atoms with E-state index in [0.717, 1.165) is 11.3 Å². The van der Waals surface area contributed by atoms with Crippen molar-refractivity contribution >= 4 is 5.78 Å². The van der Waals surface area contributed by atoms with E-state index in [4.69, 9.17) is 4.74 Å². The molecule has 0 amide bonds. The van der Waals surface area contributed by atoms with Crippen LogP contribution in [0.3, 0.4) is 0 Å². The van der Waals surface area contributed by atoms with Gasteiger partial charge in [-0.2, -0.15) is 0 Å². The topological polar surface area (TPSA) is 26.3 Å². The van der Waals surface area contributed by atoms with Crippen molar-refractivity contribution in [2.45, 2.75) is 6.42 Å². The Bertz CT molecular complexity index is 275. The Morgan fingerprint density at radius 3 is 3.08 bits per heavy atom.